The predicted molar refractivity (Wildman–Crippen MR) is 86.5 cm³/mol. The molecule has 1 rings (SSSR count). The summed E-state index contributed by atoms with van der Waals surface area (Å²) >= 11 is 6.05. The van der Waals surface area contributed by atoms with Crippen molar-refractivity contribution in [2.75, 3.05) is 6.61 Å². The first-order valence-electron chi connectivity index (χ1n) is 7.04. The first-order chi connectivity index (χ1) is 9.99. The first kappa shape index (κ1) is 19.0. The third kappa shape index (κ3) is 4.46. The van der Waals surface area contributed by atoms with Crippen LogP contribution in [0, 0.1) is 0 Å². The van der Waals surface area contributed by atoms with Gasteiger partial charge in [0.25, 0.3) is 0 Å². The van der Waals surface area contributed by atoms with Crippen molar-refractivity contribution in [1.29, 1.82) is 0 Å². The molecule has 7 heteroatoms. The van der Waals surface area contributed by atoms with Gasteiger partial charge in [0, 0.05) is 0 Å². The molecule has 0 aromatic heterocycles. The number of rotatable bonds is 6. The third-order valence-corrected chi connectivity index (χ3v) is 3.97. The molecule has 0 aliphatic heterocycles. The highest BCUT2D eigenvalue weighted by Gasteiger charge is 2.39. The summed E-state index contributed by atoms with van der Waals surface area (Å²) in [4.78, 5) is 11.7. The quantitative estimate of drug-likeness (QED) is 0.615. The molecule has 1 aromatic carbocycles. The summed E-state index contributed by atoms with van der Waals surface area (Å²) in [7, 11) is -1.28. The Morgan fingerprint density at radius 1 is 1.32 bits per heavy atom. The van der Waals surface area contributed by atoms with E-state index in [1.54, 1.807) is 34.6 Å². The van der Waals surface area contributed by atoms with E-state index in [1.165, 1.54) is 18.2 Å². The molecule has 0 fully saturated rings. The minimum Gasteiger partial charge on any atom is -0.462 e. The minimum atomic E-state index is -1.28. The second-order valence-electron chi connectivity index (χ2n) is 6.00. The SMILES string of the molecule is CCOC(=O)c1ccc(B(O)OC(C)(C)C(C)(C)O)cc1Cl. The molecular weight excluding hydrogens is 306 g/mol. The van der Waals surface area contributed by atoms with Crippen molar-refractivity contribution in [3.8, 4) is 0 Å². The highest BCUT2D eigenvalue weighted by atomic mass is 35.5. The molecule has 0 aliphatic carbocycles. The topological polar surface area (TPSA) is 76.0 Å². The molecule has 0 bridgehead atoms. The van der Waals surface area contributed by atoms with Gasteiger partial charge >= 0.3 is 13.1 Å². The van der Waals surface area contributed by atoms with E-state index in [9.17, 15) is 14.9 Å². The largest absolute Gasteiger partial charge is 0.491 e. The van der Waals surface area contributed by atoms with Crippen molar-refractivity contribution in [3.63, 3.8) is 0 Å². The summed E-state index contributed by atoms with van der Waals surface area (Å²) in [6.07, 6.45) is 0. The second kappa shape index (κ2) is 7.00. The van der Waals surface area contributed by atoms with Crippen molar-refractivity contribution in [2.45, 2.75) is 45.8 Å². The lowest BCUT2D eigenvalue weighted by Gasteiger charge is -2.38. The van der Waals surface area contributed by atoms with Gasteiger partial charge in [-0.25, -0.2) is 4.79 Å². The average molecular weight is 329 g/mol. The van der Waals surface area contributed by atoms with Gasteiger partial charge in [-0.2, -0.15) is 0 Å². The number of carbonyl (C=O) groups excluding carboxylic acids is 1. The summed E-state index contributed by atoms with van der Waals surface area (Å²) in [5, 5.41) is 20.4. The minimum absolute atomic E-state index is 0.166. The number of hydrogen-bond acceptors (Lipinski definition) is 5. The molecule has 0 saturated carbocycles. The Hall–Kier alpha value is -1.08. The molecule has 0 atom stereocenters. The summed E-state index contributed by atoms with van der Waals surface area (Å²) in [6, 6.07) is 4.45. The number of aliphatic hydroxyl groups is 1. The van der Waals surface area contributed by atoms with E-state index in [2.05, 4.69) is 0 Å². The van der Waals surface area contributed by atoms with E-state index in [-0.39, 0.29) is 17.2 Å². The summed E-state index contributed by atoms with van der Waals surface area (Å²) in [5.41, 5.74) is -1.53. The molecule has 1 aromatic rings. The molecule has 0 unspecified atom stereocenters. The van der Waals surface area contributed by atoms with E-state index < -0.39 is 24.3 Å². The van der Waals surface area contributed by atoms with E-state index >= 15 is 0 Å². The highest BCUT2D eigenvalue weighted by Crippen LogP contribution is 2.25. The van der Waals surface area contributed by atoms with Crippen molar-refractivity contribution < 1.29 is 24.3 Å². The van der Waals surface area contributed by atoms with Crippen LogP contribution in [0.5, 0.6) is 0 Å². The van der Waals surface area contributed by atoms with Gasteiger partial charge in [0.05, 0.1) is 28.4 Å². The fourth-order valence-corrected chi connectivity index (χ4v) is 1.82. The van der Waals surface area contributed by atoms with Crippen LogP contribution in [0.1, 0.15) is 45.0 Å². The number of benzene rings is 1. The lowest BCUT2D eigenvalue weighted by molar-refractivity contribution is -0.0982. The van der Waals surface area contributed by atoms with Gasteiger partial charge in [0.15, 0.2) is 0 Å². The van der Waals surface area contributed by atoms with Gasteiger partial charge < -0.3 is 19.5 Å². The molecule has 22 heavy (non-hydrogen) atoms. The predicted octanol–water partition coefficient (Wildman–Crippen LogP) is 1.77. The van der Waals surface area contributed by atoms with E-state index in [4.69, 9.17) is 21.0 Å². The summed E-state index contributed by atoms with van der Waals surface area (Å²) < 4.78 is 10.4. The van der Waals surface area contributed by atoms with Crippen LogP contribution in [0.25, 0.3) is 0 Å². The third-order valence-electron chi connectivity index (χ3n) is 3.65. The van der Waals surface area contributed by atoms with Gasteiger partial charge in [0.2, 0.25) is 0 Å². The van der Waals surface area contributed by atoms with Gasteiger partial charge in [-0.1, -0.05) is 17.7 Å². The zero-order valence-electron chi connectivity index (χ0n) is 13.5. The average Bonchev–Trinajstić information content (AvgIpc) is 2.36. The van der Waals surface area contributed by atoms with Crippen molar-refractivity contribution in [2.24, 2.45) is 0 Å². The second-order valence-corrected chi connectivity index (χ2v) is 6.41. The molecule has 0 saturated heterocycles. The molecule has 0 radical (unpaired) electrons. The molecular formula is C15H22BClO5. The Balaban J connectivity index is 2.95. The fourth-order valence-electron chi connectivity index (χ4n) is 1.55. The maximum Gasteiger partial charge on any atom is 0.491 e. The summed E-state index contributed by atoms with van der Waals surface area (Å²) in [5.74, 6) is -0.522. The Labute approximate surface area is 136 Å². The standard InChI is InChI=1S/C15H22BClO5/c1-6-21-13(18)11-8-7-10(9-12(11)17)16(20)22-15(4,5)14(2,3)19/h7-9,19-20H,6H2,1-5H3. The number of hydrogen-bond donors (Lipinski definition) is 2. The van der Waals surface area contributed by atoms with Crippen LogP contribution in [0.4, 0.5) is 0 Å². The highest BCUT2D eigenvalue weighted by molar-refractivity contribution is 6.60. The number of carbonyl (C=O) groups is 1. The van der Waals surface area contributed by atoms with Gasteiger partial charge in [-0.3, -0.25) is 0 Å². The lowest BCUT2D eigenvalue weighted by atomic mass is 9.76. The zero-order chi connectivity index (χ0) is 17.1. The van der Waals surface area contributed by atoms with Gasteiger partial charge in [-0.05, 0) is 52.2 Å². The van der Waals surface area contributed by atoms with Crippen molar-refractivity contribution >= 4 is 30.2 Å². The van der Waals surface area contributed by atoms with Crippen LogP contribution in [-0.4, -0.2) is 41.0 Å². The van der Waals surface area contributed by atoms with Gasteiger partial charge in [-0.15, -0.1) is 0 Å². The Morgan fingerprint density at radius 3 is 2.36 bits per heavy atom. The monoisotopic (exact) mass is 328 g/mol. The molecule has 5 nitrogen and oxygen atoms in total. The first-order valence-corrected chi connectivity index (χ1v) is 7.42. The van der Waals surface area contributed by atoms with E-state index in [0.717, 1.165) is 0 Å². The lowest BCUT2D eigenvalue weighted by Crippen LogP contribution is -2.53. The molecule has 122 valence electrons. The Bertz CT molecular complexity index is 539. The van der Waals surface area contributed by atoms with Gasteiger partial charge in [0.1, 0.15) is 0 Å². The smallest absolute Gasteiger partial charge is 0.462 e. The molecule has 0 spiro atoms. The fraction of sp³-hybridized carbons (Fsp3) is 0.533. The number of halogens is 1. The Kier molecular flexibility index (Phi) is 6.04. The molecule has 0 aliphatic rings. The zero-order valence-corrected chi connectivity index (χ0v) is 14.3. The van der Waals surface area contributed by atoms with E-state index in [1.807, 2.05) is 0 Å². The molecule has 0 heterocycles. The maximum atomic E-state index is 11.7. The number of esters is 1. The van der Waals surface area contributed by atoms with Crippen LogP contribution < -0.4 is 5.46 Å². The van der Waals surface area contributed by atoms with E-state index in [0.29, 0.717) is 5.46 Å². The van der Waals surface area contributed by atoms with Crippen molar-refractivity contribution in [3.05, 3.63) is 28.8 Å². The maximum absolute atomic E-state index is 11.7. The van der Waals surface area contributed by atoms with Crippen LogP contribution in [0.2, 0.25) is 5.02 Å². The van der Waals surface area contributed by atoms with Crippen molar-refractivity contribution in [1.82, 2.24) is 0 Å². The molecule has 2 N–H and O–H groups in total. The number of ether oxygens (including phenoxy) is 1. The van der Waals surface area contributed by atoms with Crippen LogP contribution in [0.3, 0.4) is 0 Å². The summed E-state index contributed by atoms with van der Waals surface area (Å²) in [6.45, 7) is 8.49. The molecule has 0 amide bonds. The Morgan fingerprint density at radius 2 is 1.91 bits per heavy atom. The normalized spacial score (nSPS) is 12.2. The van der Waals surface area contributed by atoms with Crippen LogP contribution >= 0.6 is 11.6 Å². The van der Waals surface area contributed by atoms with Crippen LogP contribution in [0.15, 0.2) is 18.2 Å². The van der Waals surface area contributed by atoms with Crippen LogP contribution in [-0.2, 0) is 9.39 Å².